The minimum atomic E-state index is -4.45. The Morgan fingerprint density at radius 1 is 1.32 bits per heavy atom. The molecule has 0 saturated heterocycles. The summed E-state index contributed by atoms with van der Waals surface area (Å²) in [6, 6.07) is 3.22. The van der Waals surface area contributed by atoms with Crippen LogP contribution >= 0.6 is 0 Å². The molecular formula is C13H15F3N2O. The molecule has 6 heteroatoms. The molecule has 0 aliphatic heterocycles. The molecule has 2 rings (SSSR count). The molecule has 2 N–H and O–H groups in total. The number of hydrogen-bond donors (Lipinski definition) is 2. The normalized spacial score (nSPS) is 15.8. The van der Waals surface area contributed by atoms with Crippen LogP contribution in [-0.2, 0) is 6.18 Å². The van der Waals surface area contributed by atoms with Gasteiger partial charge in [0, 0.05) is 18.8 Å². The van der Waals surface area contributed by atoms with Crippen molar-refractivity contribution >= 4 is 11.6 Å². The maximum atomic E-state index is 12.7. The third kappa shape index (κ3) is 3.00. The Bertz CT molecular complexity index is 481. The van der Waals surface area contributed by atoms with Gasteiger partial charge in [-0.3, -0.25) is 4.79 Å². The van der Waals surface area contributed by atoms with Crippen molar-refractivity contribution < 1.29 is 18.0 Å². The second-order valence-electron chi connectivity index (χ2n) is 4.61. The smallest absolute Gasteiger partial charge is 0.387 e. The van der Waals surface area contributed by atoms with Gasteiger partial charge in [0.05, 0.1) is 11.1 Å². The van der Waals surface area contributed by atoms with Crippen molar-refractivity contribution in [2.24, 2.45) is 0 Å². The number of halogens is 3. The van der Waals surface area contributed by atoms with E-state index in [1.165, 1.54) is 6.07 Å². The van der Waals surface area contributed by atoms with E-state index < -0.39 is 17.6 Å². The Hall–Kier alpha value is -1.72. The summed E-state index contributed by atoms with van der Waals surface area (Å²) >= 11 is 0. The molecule has 104 valence electrons. The lowest BCUT2D eigenvalue weighted by atomic mass is 9.93. The fourth-order valence-electron chi connectivity index (χ4n) is 1.94. The number of hydrogen-bond acceptors (Lipinski definition) is 2. The first-order valence-corrected chi connectivity index (χ1v) is 6.11. The summed E-state index contributed by atoms with van der Waals surface area (Å²) in [7, 11) is 1.57. The summed E-state index contributed by atoms with van der Waals surface area (Å²) in [6.07, 6.45) is -1.62. The number of rotatable bonds is 3. The molecule has 0 radical (unpaired) electrons. The average Bonchev–Trinajstić information content (AvgIpc) is 2.31. The number of carbonyl (C=O) groups is 1. The second-order valence-corrected chi connectivity index (χ2v) is 4.61. The van der Waals surface area contributed by atoms with Crippen LogP contribution in [0, 0.1) is 0 Å². The number of amides is 1. The quantitative estimate of drug-likeness (QED) is 0.888. The van der Waals surface area contributed by atoms with Gasteiger partial charge in [-0.15, -0.1) is 0 Å². The van der Waals surface area contributed by atoms with Gasteiger partial charge in [-0.2, -0.15) is 13.2 Å². The number of nitrogens with one attached hydrogen (secondary N) is 2. The predicted octanol–water partition coefficient (Wildman–Crippen LogP) is 3.03. The molecule has 1 aliphatic carbocycles. The Balaban J connectivity index is 2.27. The minimum Gasteiger partial charge on any atom is -0.387 e. The van der Waals surface area contributed by atoms with E-state index in [0.29, 0.717) is 5.69 Å². The van der Waals surface area contributed by atoms with Crippen LogP contribution in [0.2, 0.25) is 0 Å². The molecule has 0 bridgehead atoms. The zero-order chi connectivity index (χ0) is 14.0. The number of benzene rings is 1. The standard InChI is InChI=1S/C13H15F3N2O/c1-17-11-6-5-8(13(14,15)16)7-10(11)12(19)18-9-3-2-4-9/h5-7,9,17H,2-4H2,1H3,(H,18,19). The third-order valence-electron chi connectivity index (χ3n) is 3.30. The van der Waals surface area contributed by atoms with Gasteiger partial charge in [-0.25, -0.2) is 0 Å². The molecule has 1 aromatic carbocycles. The van der Waals surface area contributed by atoms with Gasteiger partial charge in [0.15, 0.2) is 0 Å². The molecule has 19 heavy (non-hydrogen) atoms. The molecule has 1 amide bonds. The zero-order valence-electron chi connectivity index (χ0n) is 10.5. The largest absolute Gasteiger partial charge is 0.416 e. The van der Waals surface area contributed by atoms with E-state index in [9.17, 15) is 18.0 Å². The monoisotopic (exact) mass is 272 g/mol. The van der Waals surface area contributed by atoms with Crippen LogP contribution in [0.25, 0.3) is 0 Å². The zero-order valence-corrected chi connectivity index (χ0v) is 10.5. The molecule has 1 aliphatic rings. The minimum absolute atomic E-state index is 0.0317. The highest BCUT2D eigenvalue weighted by Crippen LogP contribution is 2.32. The van der Waals surface area contributed by atoms with Crippen LogP contribution in [0.15, 0.2) is 18.2 Å². The Kier molecular flexibility index (Phi) is 3.68. The molecule has 0 spiro atoms. The van der Waals surface area contributed by atoms with Crippen molar-refractivity contribution in [2.45, 2.75) is 31.5 Å². The summed E-state index contributed by atoms with van der Waals surface area (Å²) in [5.74, 6) is -0.458. The van der Waals surface area contributed by atoms with Crippen molar-refractivity contribution in [1.29, 1.82) is 0 Å². The van der Waals surface area contributed by atoms with Gasteiger partial charge in [-0.1, -0.05) is 0 Å². The van der Waals surface area contributed by atoms with Crippen LogP contribution in [0.5, 0.6) is 0 Å². The summed E-state index contributed by atoms with van der Waals surface area (Å²) in [6.45, 7) is 0. The first-order chi connectivity index (χ1) is 8.91. The summed E-state index contributed by atoms with van der Waals surface area (Å²) < 4.78 is 38.0. The maximum Gasteiger partial charge on any atom is 0.416 e. The van der Waals surface area contributed by atoms with Crippen molar-refractivity contribution in [3.63, 3.8) is 0 Å². The molecule has 1 saturated carbocycles. The molecule has 1 fully saturated rings. The lowest BCUT2D eigenvalue weighted by Crippen LogP contribution is -2.39. The SMILES string of the molecule is CNc1ccc(C(F)(F)F)cc1C(=O)NC1CCC1. The van der Waals surface area contributed by atoms with Crippen LogP contribution < -0.4 is 10.6 Å². The fourth-order valence-corrected chi connectivity index (χ4v) is 1.94. The van der Waals surface area contributed by atoms with Crippen LogP contribution in [0.4, 0.5) is 18.9 Å². The Morgan fingerprint density at radius 2 is 2.00 bits per heavy atom. The summed E-state index contributed by atoms with van der Waals surface area (Å²) in [4.78, 5) is 12.0. The van der Waals surface area contributed by atoms with Gasteiger partial charge < -0.3 is 10.6 Å². The van der Waals surface area contributed by atoms with E-state index in [-0.39, 0.29) is 11.6 Å². The van der Waals surface area contributed by atoms with Gasteiger partial charge in [-0.05, 0) is 37.5 Å². The number of carbonyl (C=O) groups excluding carboxylic acids is 1. The third-order valence-corrected chi connectivity index (χ3v) is 3.30. The Labute approximate surface area is 109 Å². The molecule has 1 aromatic rings. The van der Waals surface area contributed by atoms with Crippen LogP contribution in [-0.4, -0.2) is 19.0 Å². The van der Waals surface area contributed by atoms with Crippen molar-refractivity contribution in [3.05, 3.63) is 29.3 Å². The van der Waals surface area contributed by atoms with E-state index in [1.807, 2.05) is 0 Å². The van der Waals surface area contributed by atoms with Gasteiger partial charge in [0.1, 0.15) is 0 Å². The van der Waals surface area contributed by atoms with E-state index in [4.69, 9.17) is 0 Å². The summed E-state index contributed by atoms with van der Waals surface area (Å²) in [5, 5.41) is 5.48. The first kappa shape index (κ1) is 13.7. The molecular weight excluding hydrogens is 257 g/mol. The van der Waals surface area contributed by atoms with E-state index in [1.54, 1.807) is 7.05 Å². The van der Waals surface area contributed by atoms with Gasteiger partial charge in [0.25, 0.3) is 5.91 Å². The van der Waals surface area contributed by atoms with Gasteiger partial charge >= 0.3 is 6.18 Å². The van der Waals surface area contributed by atoms with Crippen molar-refractivity contribution in [3.8, 4) is 0 Å². The maximum absolute atomic E-state index is 12.7. The highest BCUT2D eigenvalue weighted by molar-refractivity contribution is 6.00. The highest BCUT2D eigenvalue weighted by Gasteiger charge is 2.32. The Morgan fingerprint density at radius 3 is 2.47 bits per heavy atom. The highest BCUT2D eigenvalue weighted by atomic mass is 19.4. The lowest BCUT2D eigenvalue weighted by molar-refractivity contribution is -0.137. The predicted molar refractivity (Wildman–Crippen MR) is 66.1 cm³/mol. The first-order valence-electron chi connectivity index (χ1n) is 6.11. The fraction of sp³-hybridized carbons (Fsp3) is 0.462. The number of anilines is 1. The topological polar surface area (TPSA) is 41.1 Å². The molecule has 3 nitrogen and oxygen atoms in total. The van der Waals surface area contributed by atoms with Gasteiger partial charge in [0.2, 0.25) is 0 Å². The van der Waals surface area contributed by atoms with Crippen molar-refractivity contribution in [1.82, 2.24) is 5.32 Å². The molecule has 0 aromatic heterocycles. The molecule has 0 heterocycles. The molecule has 0 unspecified atom stereocenters. The van der Waals surface area contributed by atoms with Crippen LogP contribution in [0.1, 0.15) is 35.2 Å². The number of alkyl halides is 3. The van der Waals surface area contributed by atoms with E-state index >= 15 is 0 Å². The van der Waals surface area contributed by atoms with Crippen molar-refractivity contribution in [2.75, 3.05) is 12.4 Å². The van der Waals surface area contributed by atoms with E-state index in [0.717, 1.165) is 31.4 Å². The van der Waals surface area contributed by atoms with Crippen LogP contribution in [0.3, 0.4) is 0 Å². The average molecular weight is 272 g/mol. The second kappa shape index (κ2) is 5.11. The lowest BCUT2D eigenvalue weighted by Gasteiger charge is -2.27. The molecule has 0 atom stereocenters. The van der Waals surface area contributed by atoms with E-state index in [2.05, 4.69) is 10.6 Å². The summed E-state index contributed by atoms with van der Waals surface area (Å²) in [5.41, 5.74) is -0.390.